The molecule has 5 unspecified atom stereocenters. The molecule has 10 nitrogen and oxygen atoms in total. The van der Waals surface area contributed by atoms with Gasteiger partial charge in [0.1, 0.15) is 5.82 Å². The van der Waals surface area contributed by atoms with E-state index in [1.54, 1.807) is 34.6 Å². The van der Waals surface area contributed by atoms with Gasteiger partial charge in [-0.2, -0.15) is 4.31 Å². The van der Waals surface area contributed by atoms with E-state index in [0.717, 1.165) is 6.42 Å². The molecule has 3 heterocycles. The molecule has 0 saturated carbocycles. The van der Waals surface area contributed by atoms with Crippen molar-refractivity contribution in [2.24, 2.45) is 5.73 Å². The summed E-state index contributed by atoms with van der Waals surface area (Å²) in [5.41, 5.74) is 8.32. The quantitative estimate of drug-likeness (QED) is 0.302. The van der Waals surface area contributed by atoms with Crippen molar-refractivity contribution in [2.75, 3.05) is 24.2 Å². The summed E-state index contributed by atoms with van der Waals surface area (Å²) in [6, 6.07) is 10.1. The Labute approximate surface area is 262 Å². The largest absolute Gasteiger partial charge is 0.474 e. The van der Waals surface area contributed by atoms with Gasteiger partial charge in [0, 0.05) is 41.4 Å². The summed E-state index contributed by atoms with van der Waals surface area (Å²) in [5.74, 6) is -1.26. The number of nitrogens with one attached hydrogen (secondary N) is 2. The van der Waals surface area contributed by atoms with E-state index >= 15 is 4.39 Å². The highest BCUT2D eigenvalue weighted by molar-refractivity contribution is 7.89. The van der Waals surface area contributed by atoms with Crippen LogP contribution in [-0.2, 0) is 21.2 Å². The normalized spacial score (nSPS) is 22.5. The molecule has 236 valence electrons. The molecule has 5 atom stereocenters. The third kappa shape index (κ3) is 7.55. The molecule has 0 radical (unpaired) electrons. The zero-order chi connectivity index (χ0) is 31.4. The number of amides is 1. The Hall–Kier alpha value is -3.16. The smallest absolute Gasteiger partial charge is 0.242 e. The number of hydrogen-bond acceptors (Lipinski definition) is 8. The molecule has 3 aromatic rings. The molecule has 2 bridgehead atoms. The number of aromatic nitrogens is 2. The molecule has 5 rings (SSSR count). The van der Waals surface area contributed by atoms with Gasteiger partial charge < -0.3 is 21.1 Å². The van der Waals surface area contributed by atoms with Gasteiger partial charge in [-0.05, 0) is 69.4 Å². The first kappa shape index (κ1) is 32.2. The lowest BCUT2D eigenvalue weighted by Gasteiger charge is -2.37. The van der Waals surface area contributed by atoms with Crippen molar-refractivity contribution in [3.8, 4) is 5.88 Å². The number of ether oxygens (including phenoxy) is 1. The minimum atomic E-state index is -3.38. The highest BCUT2D eigenvalue weighted by Gasteiger charge is 2.38. The fourth-order valence-corrected chi connectivity index (χ4v) is 7.81. The van der Waals surface area contributed by atoms with Crippen LogP contribution in [0.4, 0.5) is 10.1 Å². The third-order valence-corrected chi connectivity index (χ3v) is 10.3. The van der Waals surface area contributed by atoms with Crippen LogP contribution in [-0.4, -0.2) is 71.7 Å². The van der Waals surface area contributed by atoms with Gasteiger partial charge in [0.15, 0.2) is 0 Å². The third-order valence-electron chi connectivity index (χ3n) is 8.08. The topological polar surface area (TPSA) is 140 Å². The predicted octanol–water partition coefficient (Wildman–Crippen LogP) is 3.85. The maximum atomic E-state index is 15.2. The van der Waals surface area contributed by atoms with Crippen LogP contribution in [0.2, 0.25) is 5.02 Å². The van der Waals surface area contributed by atoms with Crippen LogP contribution in [0.15, 0.2) is 54.9 Å². The van der Waals surface area contributed by atoms with E-state index in [4.69, 9.17) is 22.1 Å². The molecule has 2 aromatic carbocycles. The lowest BCUT2D eigenvalue weighted by Crippen LogP contribution is -2.57. The van der Waals surface area contributed by atoms with E-state index in [0.29, 0.717) is 53.7 Å². The fourth-order valence-electron chi connectivity index (χ4n) is 5.87. The molecule has 2 aliphatic heterocycles. The number of sulfonamides is 1. The minimum Gasteiger partial charge on any atom is -0.474 e. The van der Waals surface area contributed by atoms with Crippen molar-refractivity contribution >= 4 is 33.2 Å². The Balaban J connectivity index is 1.36. The van der Waals surface area contributed by atoms with E-state index in [9.17, 15) is 13.2 Å². The van der Waals surface area contributed by atoms with E-state index < -0.39 is 33.7 Å². The Morgan fingerprint density at radius 2 is 1.98 bits per heavy atom. The van der Waals surface area contributed by atoms with E-state index in [1.807, 2.05) is 13.8 Å². The van der Waals surface area contributed by atoms with Gasteiger partial charge in [0.05, 0.1) is 41.9 Å². The standard InChI is InChI=1S/C31H38ClFN6O4S/c1-19(2)43-28-17-36-27(16-37-28)29(20-8-10-21(32)11-9-20)30(34)31(40)38-26-7-3-6-25(33)24(26)13-12-23-15-35-22-5-4-14-44(41,42)39(23)18-22/h3,6-11,16-17,19,22-23,29-30,35H,4-5,12-15,18,34H2,1-2H3,(H,38,40). The summed E-state index contributed by atoms with van der Waals surface area (Å²) in [6.07, 6.45) is 4.97. The van der Waals surface area contributed by atoms with Crippen LogP contribution in [0.1, 0.15) is 55.8 Å². The van der Waals surface area contributed by atoms with Gasteiger partial charge in [-0.25, -0.2) is 17.8 Å². The number of carbonyl (C=O) groups excluding carboxylic acids is 1. The molecule has 2 fully saturated rings. The van der Waals surface area contributed by atoms with E-state index in [1.165, 1.54) is 24.5 Å². The Morgan fingerprint density at radius 1 is 1.20 bits per heavy atom. The van der Waals surface area contributed by atoms with Crippen molar-refractivity contribution in [3.05, 3.63) is 82.5 Å². The lowest BCUT2D eigenvalue weighted by atomic mass is 9.88. The summed E-state index contributed by atoms with van der Waals surface area (Å²) in [6.45, 7) is 4.67. The summed E-state index contributed by atoms with van der Waals surface area (Å²) < 4.78 is 48.2. The molecule has 2 saturated heterocycles. The van der Waals surface area contributed by atoms with Crippen molar-refractivity contribution in [1.29, 1.82) is 0 Å². The lowest BCUT2D eigenvalue weighted by molar-refractivity contribution is -0.117. The Morgan fingerprint density at radius 3 is 2.68 bits per heavy atom. The number of benzene rings is 2. The van der Waals surface area contributed by atoms with Crippen molar-refractivity contribution in [2.45, 2.75) is 69.7 Å². The average Bonchev–Trinajstić information content (AvgIpc) is 3.10. The maximum Gasteiger partial charge on any atom is 0.242 e. The summed E-state index contributed by atoms with van der Waals surface area (Å²) in [7, 11) is -3.38. The van der Waals surface area contributed by atoms with Gasteiger partial charge in [0.2, 0.25) is 21.8 Å². The summed E-state index contributed by atoms with van der Waals surface area (Å²) in [5, 5.41) is 6.79. The number of nitrogens with zero attached hydrogens (tertiary/aromatic N) is 3. The number of hydrogen-bond donors (Lipinski definition) is 3. The van der Waals surface area contributed by atoms with Crippen LogP contribution in [0.5, 0.6) is 5.88 Å². The Kier molecular flexibility index (Phi) is 10.2. The molecule has 2 aliphatic rings. The highest BCUT2D eigenvalue weighted by Crippen LogP contribution is 2.30. The Bertz CT molecular complexity index is 1560. The van der Waals surface area contributed by atoms with Crippen LogP contribution in [0.3, 0.4) is 0 Å². The molecular formula is C31H38ClFN6O4S. The number of carbonyl (C=O) groups is 1. The van der Waals surface area contributed by atoms with Crippen molar-refractivity contribution in [1.82, 2.24) is 19.6 Å². The predicted molar refractivity (Wildman–Crippen MR) is 168 cm³/mol. The molecular weight excluding hydrogens is 607 g/mol. The van der Waals surface area contributed by atoms with Crippen LogP contribution in [0, 0.1) is 5.82 Å². The van der Waals surface area contributed by atoms with Gasteiger partial charge in [0.25, 0.3) is 0 Å². The molecule has 13 heteroatoms. The number of halogens is 2. The molecule has 1 aromatic heterocycles. The number of anilines is 1. The second kappa shape index (κ2) is 13.9. The SMILES string of the molecule is CC(C)Oc1cnc(C(c2ccc(Cl)cc2)C(N)C(=O)Nc2cccc(F)c2CCC2CNC3CCCS(=O)(=O)N2C3)cn1. The molecule has 44 heavy (non-hydrogen) atoms. The summed E-state index contributed by atoms with van der Waals surface area (Å²) in [4.78, 5) is 22.5. The zero-order valence-corrected chi connectivity index (χ0v) is 26.3. The van der Waals surface area contributed by atoms with Crippen LogP contribution < -0.4 is 21.1 Å². The second-order valence-corrected chi connectivity index (χ2v) is 14.1. The van der Waals surface area contributed by atoms with Gasteiger partial charge in [-0.3, -0.25) is 9.78 Å². The van der Waals surface area contributed by atoms with Gasteiger partial charge >= 0.3 is 0 Å². The highest BCUT2D eigenvalue weighted by atomic mass is 35.5. The summed E-state index contributed by atoms with van der Waals surface area (Å²) >= 11 is 6.12. The first-order valence-electron chi connectivity index (χ1n) is 14.8. The zero-order valence-electron chi connectivity index (χ0n) is 24.7. The number of piperazine rings is 1. The molecule has 1 amide bonds. The van der Waals surface area contributed by atoms with E-state index in [-0.39, 0.29) is 36.0 Å². The first-order valence-corrected chi connectivity index (χ1v) is 16.8. The minimum absolute atomic E-state index is 0.0873. The molecule has 4 N–H and O–H groups in total. The van der Waals surface area contributed by atoms with Crippen LogP contribution >= 0.6 is 11.6 Å². The van der Waals surface area contributed by atoms with Crippen LogP contribution in [0.25, 0.3) is 0 Å². The maximum absolute atomic E-state index is 15.2. The average molecular weight is 645 g/mol. The molecule has 0 aliphatic carbocycles. The molecule has 0 spiro atoms. The van der Waals surface area contributed by atoms with E-state index in [2.05, 4.69) is 20.6 Å². The monoisotopic (exact) mass is 644 g/mol. The fraction of sp³-hybridized carbons (Fsp3) is 0.452. The first-order chi connectivity index (χ1) is 21.0. The second-order valence-electron chi connectivity index (χ2n) is 11.6. The van der Waals surface area contributed by atoms with Crippen molar-refractivity contribution in [3.63, 3.8) is 0 Å². The van der Waals surface area contributed by atoms with Crippen molar-refractivity contribution < 1.29 is 22.3 Å². The number of fused-ring (bicyclic) bond motifs is 2. The van der Waals surface area contributed by atoms with Gasteiger partial charge in [-0.15, -0.1) is 0 Å². The number of nitrogens with two attached hydrogens (primary N) is 1. The van der Waals surface area contributed by atoms with Gasteiger partial charge in [-0.1, -0.05) is 29.8 Å². The number of rotatable bonds is 10.